The second-order valence-corrected chi connectivity index (χ2v) is 5.40. The number of phenolic OH excluding ortho intramolecular Hbond substituents is 1. The Bertz CT molecular complexity index is 630. The number of halogens is 1. The van der Waals surface area contributed by atoms with Crippen molar-refractivity contribution in [2.24, 2.45) is 0 Å². The van der Waals surface area contributed by atoms with Crippen molar-refractivity contribution in [2.75, 3.05) is 6.61 Å². The van der Waals surface area contributed by atoms with Crippen LogP contribution in [0.15, 0.2) is 42.5 Å². The molecule has 104 valence electrons. The van der Waals surface area contributed by atoms with Crippen molar-refractivity contribution in [3.8, 4) is 11.5 Å². The zero-order valence-electron chi connectivity index (χ0n) is 11.1. The Morgan fingerprint density at radius 2 is 2.10 bits per heavy atom. The molecule has 0 fully saturated rings. The van der Waals surface area contributed by atoms with Crippen molar-refractivity contribution in [3.05, 3.63) is 58.6 Å². The summed E-state index contributed by atoms with van der Waals surface area (Å²) in [6, 6.07) is 13.3. The van der Waals surface area contributed by atoms with Crippen LogP contribution in [-0.4, -0.2) is 11.7 Å². The monoisotopic (exact) mass is 289 g/mol. The minimum atomic E-state index is 0.108. The topological polar surface area (TPSA) is 41.5 Å². The number of hydrogen-bond donors (Lipinski definition) is 2. The summed E-state index contributed by atoms with van der Waals surface area (Å²) in [5.41, 5.74) is 2.14. The van der Waals surface area contributed by atoms with Gasteiger partial charge in [-0.05, 0) is 30.7 Å². The number of aromatic hydroxyl groups is 1. The van der Waals surface area contributed by atoms with Crippen LogP contribution in [0.3, 0.4) is 0 Å². The van der Waals surface area contributed by atoms with Crippen molar-refractivity contribution < 1.29 is 9.84 Å². The third-order valence-electron chi connectivity index (χ3n) is 3.60. The number of nitrogens with one attached hydrogen (secondary N) is 1. The van der Waals surface area contributed by atoms with Gasteiger partial charge in [-0.3, -0.25) is 0 Å². The highest BCUT2D eigenvalue weighted by Crippen LogP contribution is 2.36. The van der Waals surface area contributed by atoms with Crippen LogP contribution in [0.2, 0.25) is 5.02 Å². The van der Waals surface area contributed by atoms with Crippen molar-refractivity contribution in [3.63, 3.8) is 0 Å². The summed E-state index contributed by atoms with van der Waals surface area (Å²) in [7, 11) is 0. The lowest BCUT2D eigenvalue weighted by Crippen LogP contribution is -2.25. The van der Waals surface area contributed by atoms with E-state index in [9.17, 15) is 5.11 Å². The number of ether oxygens (including phenoxy) is 1. The third kappa shape index (κ3) is 2.47. The number of rotatable bonds is 3. The van der Waals surface area contributed by atoms with Gasteiger partial charge in [0.15, 0.2) is 0 Å². The molecule has 1 aliphatic rings. The highest BCUT2D eigenvalue weighted by molar-refractivity contribution is 6.31. The van der Waals surface area contributed by atoms with E-state index in [0.29, 0.717) is 6.61 Å². The second kappa shape index (κ2) is 5.35. The van der Waals surface area contributed by atoms with Gasteiger partial charge in [0, 0.05) is 22.7 Å². The Labute approximate surface area is 123 Å². The van der Waals surface area contributed by atoms with Crippen LogP contribution in [-0.2, 0) is 0 Å². The first-order chi connectivity index (χ1) is 9.65. The van der Waals surface area contributed by atoms with E-state index in [4.69, 9.17) is 16.3 Å². The molecule has 0 bridgehead atoms. The van der Waals surface area contributed by atoms with E-state index in [1.165, 1.54) is 0 Å². The average Bonchev–Trinajstić information content (AvgIpc) is 2.81. The largest absolute Gasteiger partial charge is 0.508 e. The van der Waals surface area contributed by atoms with E-state index in [2.05, 4.69) is 12.2 Å². The molecular formula is C16H16ClNO2. The summed E-state index contributed by atoms with van der Waals surface area (Å²) >= 11 is 6.22. The molecule has 0 radical (unpaired) electrons. The molecule has 0 amide bonds. The quantitative estimate of drug-likeness (QED) is 0.902. The number of phenols is 1. The predicted molar refractivity (Wildman–Crippen MR) is 79.3 cm³/mol. The van der Waals surface area contributed by atoms with Crippen molar-refractivity contribution >= 4 is 11.6 Å². The first-order valence-electron chi connectivity index (χ1n) is 6.61. The fourth-order valence-electron chi connectivity index (χ4n) is 2.55. The minimum Gasteiger partial charge on any atom is -0.508 e. The van der Waals surface area contributed by atoms with Gasteiger partial charge >= 0.3 is 0 Å². The summed E-state index contributed by atoms with van der Waals surface area (Å²) < 4.78 is 5.60. The van der Waals surface area contributed by atoms with Gasteiger partial charge in [0.2, 0.25) is 0 Å². The molecule has 1 unspecified atom stereocenters. The Kier molecular flexibility index (Phi) is 3.55. The van der Waals surface area contributed by atoms with Crippen molar-refractivity contribution in [2.45, 2.75) is 19.0 Å². The lowest BCUT2D eigenvalue weighted by Gasteiger charge is -2.20. The first kappa shape index (κ1) is 13.3. The van der Waals surface area contributed by atoms with Crippen LogP contribution in [0.4, 0.5) is 0 Å². The van der Waals surface area contributed by atoms with Gasteiger partial charge in [-0.1, -0.05) is 29.8 Å². The van der Waals surface area contributed by atoms with Crippen LogP contribution in [0.1, 0.15) is 30.1 Å². The predicted octanol–water partition coefficient (Wildman–Crippen LogP) is 3.83. The van der Waals surface area contributed by atoms with Crippen molar-refractivity contribution in [1.82, 2.24) is 5.32 Å². The first-order valence-corrected chi connectivity index (χ1v) is 6.99. The van der Waals surface area contributed by atoms with E-state index in [1.54, 1.807) is 12.1 Å². The maximum atomic E-state index is 9.46. The third-order valence-corrected chi connectivity index (χ3v) is 3.95. The standard InChI is InChI=1S/C16H16ClNO2/c1-10(12-4-2-3-5-14(12)17)18-15-9-20-16-8-11(19)6-7-13(15)16/h2-8,10,15,18-19H,9H2,1H3/t10-,15?/m1/s1. The molecule has 2 atom stereocenters. The molecule has 2 aromatic carbocycles. The van der Waals surface area contributed by atoms with Gasteiger partial charge < -0.3 is 15.2 Å². The Morgan fingerprint density at radius 1 is 1.30 bits per heavy atom. The van der Waals surface area contributed by atoms with E-state index in [1.807, 2.05) is 30.3 Å². The molecule has 20 heavy (non-hydrogen) atoms. The molecule has 0 spiro atoms. The molecule has 1 heterocycles. The van der Waals surface area contributed by atoms with E-state index < -0.39 is 0 Å². The van der Waals surface area contributed by atoms with Crippen LogP contribution in [0.25, 0.3) is 0 Å². The van der Waals surface area contributed by atoms with E-state index in [-0.39, 0.29) is 17.8 Å². The molecule has 0 saturated carbocycles. The normalized spacial score (nSPS) is 18.4. The zero-order chi connectivity index (χ0) is 14.1. The summed E-state index contributed by atoms with van der Waals surface area (Å²) in [6.45, 7) is 2.65. The van der Waals surface area contributed by atoms with Gasteiger partial charge in [-0.2, -0.15) is 0 Å². The van der Waals surface area contributed by atoms with E-state index >= 15 is 0 Å². The Hall–Kier alpha value is -1.71. The summed E-state index contributed by atoms with van der Waals surface area (Å²) in [5.74, 6) is 0.970. The molecular weight excluding hydrogens is 274 g/mol. The minimum absolute atomic E-state index is 0.108. The van der Waals surface area contributed by atoms with E-state index in [0.717, 1.165) is 21.9 Å². The van der Waals surface area contributed by atoms with Crippen molar-refractivity contribution in [1.29, 1.82) is 0 Å². The lowest BCUT2D eigenvalue weighted by molar-refractivity contribution is 0.300. The maximum absolute atomic E-state index is 9.46. The smallest absolute Gasteiger partial charge is 0.127 e. The fourth-order valence-corrected chi connectivity index (χ4v) is 2.85. The molecule has 0 aromatic heterocycles. The zero-order valence-corrected chi connectivity index (χ0v) is 11.9. The Balaban J connectivity index is 1.79. The number of fused-ring (bicyclic) bond motifs is 1. The molecule has 0 aliphatic carbocycles. The SMILES string of the molecule is C[C@@H](NC1COc2cc(O)ccc21)c1ccccc1Cl. The molecule has 3 nitrogen and oxygen atoms in total. The van der Waals surface area contributed by atoms with Gasteiger partial charge in [0.05, 0.1) is 6.04 Å². The molecule has 1 aliphatic heterocycles. The van der Waals surface area contributed by atoms with Gasteiger partial charge in [-0.15, -0.1) is 0 Å². The molecule has 4 heteroatoms. The van der Waals surface area contributed by atoms with Gasteiger partial charge in [-0.25, -0.2) is 0 Å². The highest BCUT2D eigenvalue weighted by Gasteiger charge is 2.26. The van der Waals surface area contributed by atoms with Gasteiger partial charge in [0.1, 0.15) is 18.1 Å². The summed E-state index contributed by atoms with van der Waals surface area (Å²) in [5, 5.41) is 13.7. The summed E-state index contributed by atoms with van der Waals surface area (Å²) in [6.07, 6.45) is 0. The van der Waals surface area contributed by atoms with Crippen LogP contribution in [0.5, 0.6) is 11.5 Å². The fraction of sp³-hybridized carbons (Fsp3) is 0.250. The number of benzene rings is 2. The maximum Gasteiger partial charge on any atom is 0.127 e. The summed E-state index contributed by atoms with van der Waals surface area (Å²) in [4.78, 5) is 0. The molecule has 2 N–H and O–H groups in total. The van der Waals surface area contributed by atoms with Crippen LogP contribution < -0.4 is 10.1 Å². The molecule has 2 aromatic rings. The molecule has 3 rings (SSSR count). The highest BCUT2D eigenvalue weighted by atomic mass is 35.5. The second-order valence-electron chi connectivity index (χ2n) is 5.00. The average molecular weight is 290 g/mol. The van der Waals surface area contributed by atoms with Crippen LogP contribution in [0, 0.1) is 0 Å². The van der Waals surface area contributed by atoms with Crippen LogP contribution >= 0.6 is 11.6 Å². The number of hydrogen-bond acceptors (Lipinski definition) is 3. The molecule has 0 saturated heterocycles. The van der Waals surface area contributed by atoms with Gasteiger partial charge in [0.25, 0.3) is 0 Å². The lowest BCUT2D eigenvalue weighted by atomic mass is 10.0. The Morgan fingerprint density at radius 3 is 2.90 bits per heavy atom.